The molecular formula is C13H13N5O. The average Bonchev–Trinajstić information content (AvgIpc) is 2.75. The van der Waals surface area contributed by atoms with Gasteiger partial charge in [0, 0.05) is 0 Å². The van der Waals surface area contributed by atoms with Gasteiger partial charge in [0.25, 0.3) is 0 Å². The molecule has 1 aromatic carbocycles. The molecule has 2 aromatic heterocycles. The minimum absolute atomic E-state index is 0.439. The molecule has 6 nitrogen and oxygen atoms in total. The number of aryl methyl sites for hydroxylation is 2. The largest absolute Gasteiger partial charge is 0.444 e. The molecule has 0 aliphatic rings. The van der Waals surface area contributed by atoms with E-state index >= 15 is 0 Å². The maximum atomic E-state index is 5.47. The third-order valence-corrected chi connectivity index (χ3v) is 2.83. The Morgan fingerprint density at radius 3 is 2.58 bits per heavy atom. The zero-order valence-corrected chi connectivity index (χ0v) is 10.7. The number of fused-ring (bicyclic) bond motifs is 1. The second kappa shape index (κ2) is 4.64. The summed E-state index contributed by atoms with van der Waals surface area (Å²) in [4.78, 5) is 8.65. The Balaban J connectivity index is 1.78. The Hall–Kier alpha value is -2.50. The molecular weight excluding hydrogens is 242 g/mol. The van der Waals surface area contributed by atoms with Gasteiger partial charge in [-0.2, -0.15) is 0 Å². The van der Waals surface area contributed by atoms with E-state index in [1.165, 1.54) is 0 Å². The van der Waals surface area contributed by atoms with Crippen molar-refractivity contribution in [1.29, 1.82) is 0 Å². The highest BCUT2D eigenvalue weighted by Gasteiger charge is 2.06. The highest BCUT2D eigenvalue weighted by molar-refractivity contribution is 5.73. The van der Waals surface area contributed by atoms with Crippen LogP contribution in [0, 0.1) is 13.8 Å². The first-order chi connectivity index (χ1) is 9.22. The lowest BCUT2D eigenvalue weighted by Gasteiger charge is -2.02. The minimum Gasteiger partial charge on any atom is -0.444 e. The molecule has 2 heterocycles. The molecule has 0 unspecified atom stereocenters. The number of anilines is 1. The molecule has 0 aliphatic heterocycles. The fourth-order valence-electron chi connectivity index (χ4n) is 1.73. The van der Waals surface area contributed by atoms with Gasteiger partial charge < -0.3 is 9.73 Å². The van der Waals surface area contributed by atoms with Crippen LogP contribution in [0.4, 0.5) is 5.95 Å². The van der Waals surface area contributed by atoms with Crippen molar-refractivity contribution in [2.24, 2.45) is 0 Å². The van der Waals surface area contributed by atoms with Crippen LogP contribution < -0.4 is 5.32 Å². The second-order valence-corrected chi connectivity index (χ2v) is 4.23. The average molecular weight is 255 g/mol. The highest BCUT2D eigenvalue weighted by Crippen LogP contribution is 2.11. The van der Waals surface area contributed by atoms with Crippen LogP contribution >= 0.6 is 0 Å². The number of para-hydroxylation sites is 1. The molecule has 3 aromatic rings. The molecule has 96 valence electrons. The summed E-state index contributed by atoms with van der Waals surface area (Å²) in [7, 11) is 0. The number of nitrogens with one attached hydrogen (secondary N) is 1. The summed E-state index contributed by atoms with van der Waals surface area (Å²) in [5.41, 5.74) is 2.48. The molecule has 0 fully saturated rings. The number of hydrogen-bond acceptors (Lipinski definition) is 6. The zero-order valence-electron chi connectivity index (χ0n) is 10.7. The maximum absolute atomic E-state index is 5.47. The number of hydrogen-bond donors (Lipinski definition) is 1. The number of aromatic nitrogens is 4. The van der Waals surface area contributed by atoms with Gasteiger partial charge >= 0.3 is 0 Å². The molecule has 19 heavy (non-hydrogen) atoms. The van der Waals surface area contributed by atoms with E-state index in [4.69, 9.17) is 4.42 Å². The van der Waals surface area contributed by atoms with Gasteiger partial charge in [-0.05, 0) is 26.0 Å². The van der Waals surface area contributed by atoms with Gasteiger partial charge in [-0.1, -0.05) is 12.1 Å². The van der Waals surface area contributed by atoms with E-state index in [0.717, 1.165) is 22.5 Å². The van der Waals surface area contributed by atoms with E-state index < -0.39 is 0 Å². The van der Waals surface area contributed by atoms with E-state index in [1.807, 2.05) is 38.1 Å². The highest BCUT2D eigenvalue weighted by atomic mass is 16.4. The molecule has 0 saturated carbocycles. The first-order valence-corrected chi connectivity index (χ1v) is 5.98. The smallest absolute Gasteiger partial charge is 0.243 e. The Kier molecular flexibility index (Phi) is 2.83. The second-order valence-electron chi connectivity index (χ2n) is 4.23. The van der Waals surface area contributed by atoms with E-state index in [2.05, 4.69) is 25.5 Å². The van der Waals surface area contributed by atoms with Crippen molar-refractivity contribution >= 4 is 17.0 Å². The summed E-state index contributed by atoms with van der Waals surface area (Å²) in [6.45, 7) is 4.24. The van der Waals surface area contributed by atoms with Crippen molar-refractivity contribution in [3.63, 3.8) is 0 Å². The van der Waals surface area contributed by atoms with Crippen LogP contribution in [0.5, 0.6) is 0 Å². The van der Waals surface area contributed by atoms with Crippen molar-refractivity contribution in [1.82, 2.24) is 20.2 Å². The van der Waals surface area contributed by atoms with Gasteiger partial charge in [-0.15, -0.1) is 10.2 Å². The monoisotopic (exact) mass is 255 g/mol. The van der Waals surface area contributed by atoms with E-state index in [1.54, 1.807) is 0 Å². The lowest BCUT2D eigenvalue weighted by Crippen LogP contribution is -2.05. The summed E-state index contributed by atoms with van der Waals surface area (Å²) in [6.07, 6.45) is 0. The molecule has 3 rings (SSSR count). The molecule has 0 spiro atoms. The van der Waals surface area contributed by atoms with Gasteiger partial charge in [0.1, 0.15) is 11.3 Å². The van der Waals surface area contributed by atoms with Gasteiger partial charge in [-0.3, -0.25) is 0 Å². The van der Waals surface area contributed by atoms with Gasteiger partial charge in [-0.25, -0.2) is 9.97 Å². The Morgan fingerprint density at radius 1 is 1.05 bits per heavy atom. The molecule has 6 heteroatoms. The minimum atomic E-state index is 0.439. The van der Waals surface area contributed by atoms with Crippen molar-refractivity contribution in [3.05, 3.63) is 41.6 Å². The van der Waals surface area contributed by atoms with Gasteiger partial charge in [0.15, 0.2) is 0 Å². The lowest BCUT2D eigenvalue weighted by molar-refractivity contribution is 0.477. The number of rotatable bonds is 3. The van der Waals surface area contributed by atoms with Crippen LogP contribution in [0.25, 0.3) is 11.0 Å². The lowest BCUT2D eigenvalue weighted by atomic mass is 10.3. The van der Waals surface area contributed by atoms with Crippen LogP contribution in [0.2, 0.25) is 0 Å². The summed E-state index contributed by atoms with van der Waals surface area (Å²) in [5.74, 6) is 1.91. The van der Waals surface area contributed by atoms with Gasteiger partial charge in [0.05, 0.1) is 17.8 Å². The Labute approximate surface area is 109 Å². The van der Waals surface area contributed by atoms with Crippen molar-refractivity contribution in [2.75, 3.05) is 5.32 Å². The Morgan fingerprint density at radius 2 is 1.84 bits per heavy atom. The predicted molar refractivity (Wildman–Crippen MR) is 70.6 cm³/mol. The molecule has 0 atom stereocenters. The fourth-order valence-corrected chi connectivity index (χ4v) is 1.73. The SMILES string of the molecule is Cc1nc(CNc2nnc3ccccc3n2)oc1C. The Bertz CT molecular complexity index is 702. The maximum Gasteiger partial charge on any atom is 0.243 e. The summed E-state index contributed by atoms with van der Waals surface area (Å²) >= 11 is 0. The normalized spacial score (nSPS) is 10.8. The molecule has 1 N–H and O–H groups in total. The summed E-state index contributed by atoms with van der Waals surface area (Å²) < 4.78 is 5.47. The van der Waals surface area contributed by atoms with Crippen LogP contribution in [-0.4, -0.2) is 20.2 Å². The first kappa shape index (κ1) is 11.6. The molecule has 0 radical (unpaired) electrons. The van der Waals surface area contributed by atoms with Gasteiger partial charge in [0.2, 0.25) is 11.8 Å². The van der Waals surface area contributed by atoms with Crippen molar-refractivity contribution in [2.45, 2.75) is 20.4 Å². The van der Waals surface area contributed by atoms with Crippen LogP contribution in [0.1, 0.15) is 17.3 Å². The number of benzene rings is 1. The third-order valence-electron chi connectivity index (χ3n) is 2.83. The first-order valence-electron chi connectivity index (χ1n) is 5.98. The topological polar surface area (TPSA) is 76.7 Å². The van der Waals surface area contributed by atoms with Crippen LogP contribution in [-0.2, 0) is 6.54 Å². The van der Waals surface area contributed by atoms with E-state index in [-0.39, 0.29) is 0 Å². The summed E-state index contributed by atoms with van der Waals surface area (Å²) in [6, 6.07) is 7.60. The predicted octanol–water partition coefficient (Wildman–Crippen LogP) is 2.24. The molecule has 0 aliphatic carbocycles. The van der Waals surface area contributed by atoms with E-state index in [9.17, 15) is 0 Å². The standard InChI is InChI=1S/C13H13N5O/c1-8-9(2)19-12(15-8)7-14-13-16-10-5-3-4-6-11(10)17-18-13/h3-6H,7H2,1-2H3,(H,14,16,18). The zero-order chi connectivity index (χ0) is 13.2. The number of nitrogens with zero attached hydrogens (tertiary/aromatic N) is 4. The molecule has 0 bridgehead atoms. The van der Waals surface area contributed by atoms with E-state index in [0.29, 0.717) is 18.4 Å². The fraction of sp³-hybridized carbons (Fsp3) is 0.231. The van der Waals surface area contributed by atoms with Crippen molar-refractivity contribution < 1.29 is 4.42 Å². The summed E-state index contributed by atoms with van der Waals surface area (Å²) in [5, 5.41) is 11.2. The quantitative estimate of drug-likeness (QED) is 0.773. The molecule has 0 saturated heterocycles. The van der Waals surface area contributed by atoms with Crippen molar-refractivity contribution in [3.8, 4) is 0 Å². The van der Waals surface area contributed by atoms with Crippen LogP contribution in [0.15, 0.2) is 28.7 Å². The molecule has 0 amide bonds. The number of oxazole rings is 1. The third kappa shape index (κ3) is 2.37. The van der Waals surface area contributed by atoms with Crippen LogP contribution in [0.3, 0.4) is 0 Å².